The van der Waals surface area contributed by atoms with Crippen LogP contribution in [0.2, 0.25) is 10.0 Å². The zero-order chi connectivity index (χ0) is 19.4. The summed E-state index contributed by atoms with van der Waals surface area (Å²) in [6.45, 7) is 2.18. The van der Waals surface area contributed by atoms with Crippen molar-refractivity contribution in [3.05, 3.63) is 69.7 Å². The Morgan fingerprint density at radius 3 is 2.26 bits per heavy atom. The van der Waals surface area contributed by atoms with Gasteiger partial charge >= 0.3 is 0 Å². The van der Waals surface area contributed by atoms with Crippen molar-refractivity contribution in [2.24, 2.45) is 0 Å². The number of amides is 2. The quantitative estimate of drug-likeness (QED) is 0.767. The third-order valence-corrected chi connectivity index (χ3v) is 5.36. The highest BCUT2D eigenvalue weighted by Crippen LogP contribution is 2.34. The molecule has 2 aromatic carbocycles. The van der Waals surface area contributed by atoms with Crippen molar-refractivity contribution < 1.29 is 9.59 Å². The van der Waals surface area contributed by atoms with Gasteiger partial charge < -0.3 is 10.2 Å². The minimum atomic E-state index is -0.376. The van der Waals surface area contributed by atoms with E-state index >= 15 is 0 Å². The fraction of sp³-hybridized carbons (Fsp3) is 0.333. The second-order valence-electron chi connectivity index (χ2n) is 6.81. The van der Waals surface area contributed by atoms with Gasteiger partial charge in [0.2, 0.25) is 11.8 Å². The summed E-state index contributed by atoms with van der Waals surface area (Å²) in [7, 11) is 0. The molecule has 1 aliphatic heterocycles. The van der Waals surface area contributed by atoms with Crippen molar-refractivity contribution in [3.8, 4) is 0 Å². The Balaban J connectivity index is 1.76. The van der Waals surface area contributed by atoms with Crippen molar-refractivity contribution in [2.45, 2.75) is 38.3 Å². The largest absolute Gasteiger partial charge is 0.349 e. The van der Waals surface area contributed by atoms with E-state index in [1.165, 1.54) is 6.92 Å². The lowest BCUT2D eigenvalue weighted by molar-refractivity contribution is -0.133. The molecule has 1 fully saturated rings. The summed E-state index contributed by atoms with van der Waals surface area (Å²) in [5.74, 6) is -0.139. The third kappa shape index (κ3) is 5.02. The summed E-state index contributed by atoms with van der Waals surface area (Å²) in [5.41, 5.74) is 1.96. The van der Waals surface area contributed by atoms with Crippen LogP contribution in [0.4, 0.5) is 0 Å². The highest BCUT2D eigenvalue weighted by Gasteiger charge is 2.31. The number of carbonyl (C=O) groups excluding carboxylic acids is 2. The molecule has 4 nitrogen and oxygen atoms in total. The number of benzene rings is 2. The third-order valence-electron chi connectivity index (χ3n) is 4.86. The lowest BCUT2D eigenvalue weighted by Gasteiger charge is -2.27. The fourth-order valence-corrected chi connectivity index (χ4v) is 3.83. The zero-order valence-corrected chi connectivity index (χ0v) is 16.6. The summed E-state index contributed by atoms with van der Waals surface area (Å²) in [5, 5.41) is 4.19. The number of hydrogen-bond donors (Lipinski definition) is 1. The van der Waals surface area contributed by atoms with Crippen molar-refractivity contribution in [2.75, 3.05) is 6.54 Å². The standard InChI is InChI=1S/C21H22Cl2N2O2/c1-14(26)24-19(15-4-8-17(22)9-5-15)13-21(27)25-12-2-3-20(25)16-6-10-18(23)11-7-16/h4-11,19-20H,2-3,12-13H2,1H3,(H,24,26)/t19-,20+/m1/s1. The number of carbonyl (C=O) groups is 2. The average Bonchev–Trinajstić information content (AvgIpc) is 3.12. The van der Waals surface area contributed by atoms with Gasteiger partial charge in [0.05, 0.1) is 18.5 Å². The van der Waals surface area contributed by atoms with Crippen LogP contribution in [0.1, 0.15) is 49.4 Å². The van der Waals surface area contributed by atoms with E-state index in [-0.39, 0.29) is 30.3 Å². The molecule has 6 heteroatoms. The van der Waals surface area contributed by atoms with Crippen molar-refractivity contribution >= 4 is 35.0 Å². The van der Waals surface area contributed by atoms with E-state index < -0.39 is 0 Å². The molecular formula is C21H22Cl2N2O2. The Morgan fingerprint density at radius 2 is 1.67 bits per heavy atom. The van der Waals surface area contributed by atoms with E-state index in [2.05, 4.69) is 5.32 Å². The summed E-state index contributed by atoms with van der Waals surface area (Å²) >= 11 is 11.9. The topological polar surface area (TPSA) is 49.4 Å². The first-order valence-corrected chi connectivity index (χ1v) is 9.77. The van der Waals surface area contributed by atoms with Crippen LogP contribution in [-0.2, 0) is 9.59 Å². The predicted molar refractivity (Wildman–Crippen MR) is 108 cm³/mol. The Hall–Kier alpha value is -2.04. The number of hydrogen-bond acceptors (Lipinski definition) is 2. The van der Waals surface area contributed by atoms with Crippen LogP contribution in [0.15, 0.2) is 48.5 Å². The average molecular weight is 405 g/mol. The van der Waals surface area contributed by atoms with E-state index in [4.69, 9.17) is 23.2 Å². The Bertz CT molecular complexity index is 806. The molecule has 2 atom stereocenters. The molecule has 1 aliphatic rings. The molecule has 1 saturated heterocycles. The molecule has 0 aromatic heterocycles. The molecule has 0 bridgehead atoms. The van der Waals surface area contributed by atoms with Crippen LogP contribution in [0, 0.1) is 0 Å². The maximum absolute atomic E-state index is 13.1. The highest BCUT2D eigenvalue weighted by molar-refractivity contribution is 6.30. The first kappa shape index (κ1) is 19.7. The lowest BCUT2D eigenvalue weighted by atomic mass is 10.0. The normalized spacial score (nSPS) is 17.6. The van der Waals surface area contributed by atoms with E-state index in [1.54, 1.807) is 12.1 Å². The molecule has 0 spiro atoms. The van der Waals surface area contributed by atoms with Crippen LogP contribution in [0.5, 0.6) is 0 Å². The lowest BCUT2D eigenvalue weighted by Crippen LogP contribution is -2.35. The number of rotatable bonds is 5. The summed E-state index contributed by atoms with van der Waals surface area (Å²) < 4.78 is 0. The van der Waals surface area contributed by atoms with Gasteiger partial charge in [0.1, 0.15) is 0 Å². The molecule has 142 valence electrons. The fourth-order valence-electron chi connectivity index (χ4n) is 3.58. The molecular weight excluding hydrogens is 383 g/mol. The number of nitrogens with zero attached hydrogens (tertiary/aromatic N) is 1. The van der Waals surface area contributed by atoms with Gasteiger partial charge in [-0.1, -0.05) is 47.5 Å². The smallest absolute Gasteiger partial charge is 0.225 e. The summed E-state index contributed by atoms with van der Waals surface area (Å²) in [4.78, 5) is 26.6. The Labute approximate surface area is 169 Å². The summed E-state index contributed by atoms with van der Waals surface area (Å²) in [6, 6.07) is 14.6. The van der Waals surface area contributed by atoms with Crippen LogP contribution < -0.4 is 5.32 Å². The first-order valence-electron chi connectivity index (χ1n) is 9.01. The van der Waals surface area contributed by atoms with Gasteiger partial charge in [-0.25, -0.2) is 0 Å². The van der Waals surface area contributed by atoms with Crippen molar-refractivity contribution in [3.63, 3.8) is 0 Å². The molecule has 3 rings (SSSR count). The minimum Gasteiger partial charge on any atom is -0.349 e. The first-order chi connectivity index (χ1) is 12.9. The Morgan fingerprint density at radius 1 is 1.07 bits per heavy atom. The SMILES string of the molecule is CC(=O)N[C@H](CC(=O)N1CCC[C@H]1c1ccc(Cl)cc1)c1ccc(Cl)cc1. The Kier molecular flexibility index (Phi) is 6.40. The molecule has 0 unspecified atom stereocenters. The molecule has 0 aliphatic carbocycles. The van der Waals surface area contributed by atoms with Gasteiger partial charge in [-0.15, -0.1) is 0 Å². The molecule has 0 radical (unpaired) electrons. The van der Waals surface area contributed by atoms with E-state index in [9.17, 15) is 9.59 Å². The van der Waals surface area contributed by atoms with Gasteiger partial charge in [0.15, 0.2) is 0 Å². The van der Waals surface area contributed by atoms with Gasteiger partial charge in [-0.3, -0.25) is 9.59 Å². The van der Waals surface area contributed by atoms with Crippen LogP contribution in [0.25, 0.3) is 0 Å². The number of likely N-dealkylation sites (tertiary alicyclic amines) is 1. The maximum Gasteiger partial charge on any atom is 0.225 e. The maximum atomic E-state index is 13.1. The second-order valence-corrected chi connectivity index (χ2v) is 7.68. The van der Waals surface area contributed by atoms with Gasteiger partial charge in [0.25, 0.3) is 0 Å². The van der Waals surface area contributed by atoms with Crippen molar-refractivity contribution in [1.82, 2.24) is 10.2 Å². The number of halogens is 2. The molecule has 27 heavy (non-hydrogen) atoms. The van der Waals surface area contributed by atoms with E-state index in [0.717, 1.165) is 30.5 Å². The second kappa shape index (κ2) is 8.77. The van der Waals surface area contributed by atoms with E-state index in [1.807, 2.05) is 41.3 Å². The highest BCUT2D eigenvalue weighted by atomic mass is 35.5. The van der Waals surface area contributed by atoms with Crippen molar-refractivity contribution in [1.29, 1.82) is 0 Å². The van der Waals surface area contributed by atoms with Crippen LogP contribution in [0.3, 0.4) is 0 Å². The van der Waals surface area contributed by atoms with Crippen LogP contribution >= 0.6 is 23.2 Å². The molecule has 1 heterocycles. The monoisotopic (exact) mass is 404 g/mol. The minimum absolute atomic E-state index is 0.0288. The number of nitrogens with one attached hydrogen (secondary N) is 1. The predicted octanol–water partition coefficient (Wildman–Crippen LogP) is 4.92. The van der Waals surface area contributed by atoms with Gasteiger partial charge in [-0.05, 0) is 48.2 Å². The molecule has 2 amide bonds. The molecule has 2 aromatic rings. The molecule has 0 saturated carbocycles. The van der Waals surface area contributed by atoms with Gasteiger partial charge in [0, 0.05) is 23.5 Å². The zero-order valence-electron chi connectivity index (χ0n) is 15.1. The van der Waals surface area contributed by atoms with Gasteiger partial charge in [-0.2, -0.15) is 0 Å². The van der Waals surface area contributed by atoms with E-state index in [0.29, 0.717) is 10.0 Å². The van der Waals surface area contributed by atoms with Crippen LogP contribution in [-0.4, -0.2) is 23.3 Å². The molecule has 1 N–H and O–H groups in total. The summed E-state index contributed by atoms with van der Waals surface area (Å²) in [6.07, 6.45) is 2.11.